The Bertz CT molecular complexity index is 657. The van der Waals surface area contributed by atoms with Crippen molar-refractivity contribution in [3.8, 4) is 0 Å². The molecule has 1 aromatic carbocycles. The summed E-state index contributed by atoms with van der Waals surface area (Å²) in [4.78, 5) is 20.1. The SMILES string of the molecule is O=[N+]([O-])c1c(Br)c(Br)c2snnc2c1[N+](=O)[O-]. The Morgan fingerprint density at radius 1 is 1.06 bits per heavy atom. The lowest BCUT2D eigenvalue weighted by Crippen LogP contribution is -1.99. The van der Waals surface area contributed by atoms with E-state index in [-0.39, 0.29) is 9.99 Å². The maximum absolute atomic E-state index is 10.9. The summed E-state index contributed by atoms with van der Waals surface area (Å²) in [5.41, 5.74) is -1.39. The normalized spacial score (nSPS) is 10.7. The van der Waals surface area contributed by atoms with E-state index in [2.05, 4.69) is 41.4 Å². The molecule has 0 aliphatic rings. The fourth-order valence-corrected chi connectivity index (χ4v) is 3.11. The number of nitrogens with zero attached hydrogens (tertiary/aromatic N) is 4. The van der Waals surface area contributed by atoms with Crippen LogP contribution in [0, 0.1) is 20.2 Å². The molecule has 1 heterocycles. The Morgan fingerprint density at radius 2 is 1.65 bits per heavy atom. The zero-order valence-corrected chi connectivity index (χ0v) is 11.6. The molecule has 0 bridgehead atoms. The van der Waals surface area contributed by atoms with Gasteiger partial charge in [-0.25, -0.2) is 0 Å². The highest BCUT2D eigenvalue weighted by atomic mass is 79.9. The second-order valence-electron chi connectivity index (χ2n) is 2.79. The lowest BCUT2D eigenvalue weighted by atomic mass is 10.2. The van der Waals surface area contributed by atoms with Crippen LogP contribution in [-0.4, -0.2) is 19.4 Å². The summed E-state index contributed by atoms with van der Waals surface area (Å²) < 4.78 is 4.28. The number of rotatable bonds is 2. The predicted molar refractivity (Wildman–Crippen MR) is 66.1 cm³/mol. The highest BCUT2D eigenvalue weighted by Crippen LogP contribution is 2.46. The molecule has 0 aliphatic carbocycles. The van der Waals surface area contributed by atoms with Gasteiger partial charge in [-0.2, -0.15) is 0 Å². The first kappa shape index (κ1) is 12.3. The highest BCUT2D eigenvalue weighted by Gasteiger charge is 2.35. The van der Waals surface area contributed by atoms with E-state index in [9.17, 15) is 20.2 Å². The van der Waals surface area contributed by atoms with Gasteiger partial charge >= 0.3 is 11.4 Å². The monoisotopic (exact) mass is 382 g/mol. The van der Waals surface area contributed by atoms with Crippen LogP contribution in [0.1, 0.15) is 0 Å². The lowest BCUT2D eigenvalue weighted by molar-refractivity contribution is -0.421. The number of aromatic nitrogens is 2. The third-order valence-corrected chi connectivity index (χ3v) is 5.00. The standard InChI is InChI=1S/C6Br2N4O4S/c7-1-2(8)6-3(9-10-17-6)5(12(15)16)4(1)11(13)14. The molecule has 0 radical (unpaired) electrons. The van der Waals surface area contributed by atoms with Gasteiger partial charge in [0.1, 0.15) is 4.47 Å². The minimum Gasteiger partial charge on any atom is -0.258 e. The number of fused-ring (bicyclic) bond motifs is 1. The van der Waals surface area contributed by atoms with Gasteiger partial charge in [0, 0.05) is 0 Å². The summed E-state index contributed by atoms with van der Waals surface area (Å²) in [5.74, 6) is 0. The van der Waals surface area contributed by atoms with Crippen LogP contribution in [0.15, 0.2) is 8.95 Å². The van der Waals surface area contributed by atoms with Crippen LogP contribution in [-0.2, 0) is 0 Å². The molecule has 1 aromatic heterocycles. The largest absolute Gasteiger partial charge is 0.376 e. The van der Waals surface area contributed by atoms with Gasteiger partial charge < -0.3 is 0 Å². The Morgan fingerprint density at radius 3 is 2.18 bits per heavy atom. The average molecular weight is 384 g/mol. The first-order chi connectivity index (χ1) is 7.95. The molecule has 11 heteroatoms. The number of nitro benzene ring substituents is 2. The first-order valence-corrected chi connectivity index (χ1v) is 6.23. The summed E-state index contributed by atoms with van der Waals surface area (Å²) in [5, 5.41) is 25.3. The van der Waals surface area contributed by atoms with Crippen molar-refractivity contribution in [3.63, 3.8) is 0 Å². The van der Waals surface area contributed by atoms with Crippen LogP contribution < -0.4 is 0 Å². The van der Waals surface area contributed by atoms with Gasteiger partial charge in [0.05, 0.1) is 19.0 Å². The minimum atomic E-state index is -0.834. The molecule has 0 saturated carbocycles. The Hall–Kier alpha value is -1.20. The molecule has 0 unspecified atom stereocenters. The van der Waals surface area contributed by atoms with Crippen LogP contribution in [0.3, 0.4) is 0 Å². The summed E-state index contributed by atoms with van der Waals surface area (Å²) in [6.45, 7) is 0. The molecule has 0 N–H and O–H groups in total. The van der Waals surface area contributed by atoms with Crippen molar-refractivity contribution in [2.75, 3.05) is 0 Å². The average Bonchev–Trinajstić information content (AvgIpc) is 2.70. The first-order valence-electron chi connectivity index (χ1n) is 3.87. The Balaban J connectivity index is 3.05. The predicted octanol–water partition coefficient (Wildman–Crippen LogP) is 3.03. The highest BCUT2D eigenvalue weighted by molar-refractivity contribution is 9.13. The molecular formula is C6Br2N4O4S. The van der Waals surface area contributed by atoms with Gasteiger partial charge in [0.25, 0.3) is 0 Å². The van der Waals surface area contributed by atoms with E-state index in [0.717, 1.165) is 11.5 Å². The van der Waals surface area contributed by atoms with E-state index in [0.29, 0.717) is 9.17 Å². The van der Waals surface area contributed by atoms with Crippen molar-refractivity contribution in [2.24, 2.45) is 0 Å². The smallest absolute Gasteiger partial charge is 0.258 e. The van der Waals surface area contributed by atoms with Crippen molar-refractivity contribution >= 4 is 65.0 Å². The van der Waals surface area contributed by atoms with Gasteiger partial charge in [-0.1, -0.05) is 4.49 Å². The molecule has 2 aromatic rings. The van der Waals surface area contributed by atoms with Crippen LogP contribution in [0.5, 0.6) is 0 Å². The van der Waals surface area contributed by atoms with E-state index < -0.39 is 21.2 Å². The number of halogens is 2. The summed E-state index contributed by atoms with van der Waals surface area (Å²) in [7, 11) is 0. The second-order valence-corrected chi connectivity index (χ2v) is 5.13. The number of benzene rings is 1. The van der Waals surface area contributed by atoms with E-state index in [1.165, 1.54) is 0 Å². The van der Waals surface area contributed by atoms with Gasteiger partial charge in [-0.15, -0.1) is 5.10 Å². The minimum absolute atomic E-state index is 0.00718. The van der Waals surface area contributed by atoms with E-state index >= 15 is 0 Å². The molecular weight excluding hydrogens is 384 g/mol. The summed E-state index contributed by atoms with van der Waals surface area (Å²) in [6, 6.07) is 0. The third kappa shape index (κ3) is 1.79. The second kappa shape index (κ2) is 4.23. The van der Waals surface area contributed by atoms with Gasteiger partial charge in [-0.3, -0.25) is 20.2 Å². The molecule has 0 atom stereocenters. The number of hydrogen-bond acceptors (Lipinski definition) is 7. The lowest BCUT2D eigenvalue weighted by Gasteiger charge is -2.00. The van der Waals surface area contributed by atoms with Crippen molar-refractivity contribution in [1.82, 2.24) is 9.59 Å². The molecule has 17 heavy (non-hydrogen) atoms. The maximum Gasteiger partial charge on any atom is 0.376 e. The topological polar surface area (TPSA) is 112 Å². The van der Waals surface area contributed by atoms with Crippen molar-refractivity contribution in [3.05, 3.63) is 29.2 Å². The molecule has 0 saturated heterocycles. The fourth-order valence-electron chi connectivity index (χ4n) is 1.25. The Labute approximate surface area is 113 Å². The van der Waals surface area contributed by atoms with Crippen LogP contribution in [0.25, 0.3) is 10.2 Å². The molecule has 0 amide bonds. The molecule has 88 valence electrons. The third-order valence-electron chi connectivity index (χ3n) is 1.90. The van der Waals surface area contributed by atoms with E-state index in [1.807, 2.05) is 0 Å². The van der Waals surface area contributed by atoms with Crippen LogP contribution >= 0.6 is 43.4 Å². The van der Waals surface area contributed by atoms with Crippen LogP contribution in [0.2, 0.25) is 0 Å². The quantitative estimate of drug-likeness (QED) is 0.581. The number of hydrogen-bond donors (Lipinski definition) is 0. The zero-order chi connectivity index (χ0) is 12.7. The van der Waals surface area contributed by atoms with Crippen molar-refractivity contribution in [1.29, 1.82) is 0 Å². The molecule has 0 aliphatic heterocycles. The van der Waals surface area contributed by atoms with E-state index in [4.69, 9.17) is 0 Å². The number of nitro groups is 2. The van der Waals surface area contributed by atoms with Crippen molar-refractivity contribution < 1.29 is 9.85 Å². The fraction of sp³-hybridized carbons (Fsp3) is 0. The molecule has 0 fully saturated rings. The summed E-state index contributed by atoms with van der Waals surface area (Å²) >= 11 is 7.00. The zero-order valence-electron chi connectivity index (χ0n) is 7.59. The molecule has 8 nitrogen and oxygen atoms in total. The van der Waals surface area contributed by atoms with Gasteiger partial charge in [0.2, 0.25) is 0 Å². The van der Waals surface area contributed by atoms with Gasteiger partial charge in [-0.05, 0) is 43.4 Å². The maximum atomic E-state index is 10.9. The van der Waals surface area contributed by atoms with Crippen molar-refractivity contribution in [2.45, 2.75) is 0 Å². The molecule has 0 spiro atoms. The Kier molecular flexibility index (Phi) is 3.05. The molecule has 2 rings (SSSR count). The summed E-state index contributed by atoms with van der Waals surface area (Å²) in [6.07, 6.45) is 0. The van der Waals surface area contributed by atoms with E-state index in [1.54, 1.807) is 0 Å². The van der Waals surface area contributed by atoms with Gasteiger partial charge in [0.15, 0.2) is 5.52 Å². The van der Waals surface area contributed by atoms with Crippen LogP contribution in [0.4, 0.5) is 11.4 Å².